The SMILES string of the molecule is C[Si](C)(C)CN1CCCO1. The van der Waals surface area contributed by atoms with E-state index >= 15 is 0 Å². The lowest BCUT2D eigenvalue weighted by molar-refractivity contribution is -0.0961. The number of nitrogens with zero attached hydrogens (tertiary/aromatic N) is 1. The molecule has 0 aliphatic carbocycles. The molecular formula is C7H17NOSi. The standard InChI is InChI=1S/C7H17NOSi/c1-10(2,3)7-8-5-4-6-9-8/h4-7H2,1-3H3. The molecule has 1 aliphatic heterocycles. The van der Waals surface area contributed by atoms with Gasteiger partial charge in [0.2, 0.25) is 0 Å². The Hall–Kier alpha value is 0.137. The molecule has 0 aromatic heterocycles. The molecule has 2 nitrogen and oxygen atoms in total. The minimum Gasteiger partial charge on any atom is -0.299 e. The molecule has 0 radical (unpaired) electrons. The highest BCUT2D eigenvalue weighted by molar-refractivity contribution is 6.76. The van der Waals surface area contributed by atoms with E-state index in [1.165, 1.54) is 12.6 Å². The first-order valence-electron chi connectivity index (χ1n) is 3.96. The van der Waals surface area contributed by atoms with Gasteiger partial charge in [0, 0.05) is 12.7 Å². The first kappa shape index (κ1) is 8.24. The monoisotopic (exact) mass is 159 g/mol. The summed E-state index contributed by atoms with van der Waals surface area (Å²) in [6.45, 7) is 9.19. The first-order valence-corrected chi connectivity index (χ1v) is 7.66. The van der Waals surface area contributed by atoms with Gasteiger partial charge in [0.25, 0.3) is 0 Å². The van der Waals surface area contributed by atoms with Crippen LogP contribution in [0.3, 0.4) is 0 Å². The third-order valence-corrected chi connectivity index (χ3v) is 2.78. The van der Waals surface area contributed by atoms with Crippen LogP contribution in [0.25, 0.3) is 0 Å². The van der Waals surface area contributed by atoms with Gasteiger partial charge in [-0.2, -0.15) is 5.06 Å². The van der Waals surface area contributed by atoms with E-state index in [4.69, 9.17) is 4.84 Å². The molecule has 3 heteroatoms. The molecule has 0 amide bonds. The third kappa shape index (κ3) is 2.81. The van der Waals surface area contributed by atoms with Crippen molar-refractivity contribution in [3.8, 4) is 0 Å². The van der Waals surface area contributed by atoms with E-state index in [-0.39, 0.29) is 0 Å². The van der Waals surface area contributed by atoms with E-state index in [0.29, 0.717) is 0 Å². The highest BCUT2D eigenvalue weighted by Crippen LogP contribution is 2.09. The van der Waals surface area contributed by atoms with Crippen LogP contribution in [-0.2, 0) is 4.84 Å². The Morgan fingerprint density at radius 2 is 2.10 bits per heavy atom. The van der Waals surface area contributed by atoms with Gasteiger partial charge in [-0.05, 0) is 6.42 Å². The van der Waals surface area contributed by atoms with Gasteiger partial charge in [0.1, 0.15) is 0 Å². The Kier molecular flexibility index (Phi) is 2.49. The van der Waals surface area contributed by atoms with Crippen molar-refractivity contribution in [1.82, 2.24) is 5.06 Å². The molecule has 0 saturated carbocycles. The molecule has 0 N–H and O–H groups in total. The van der Waals surface area contributed by atoms with Crippen molar-refractivity contribution in [3.63, 3.8) is 0 Å². The minimum atomic E-state index is -0.921. The molecular weight excluding hydrogens is 142 g/mol. The zero-order chi connectivity index (χ0) is 7.61. The maximum atomic E-state index is 5.40. The van der Waals surface area contributed by atoms with Gasteiger partial charge in [-0.3, -0.25) is 4.84 Å². The maximum Gasteiger partial charge on any atom is 0.0698 e. The number of rotatable bonds is 2. The second kappa shape index (κ2) is 3.03. The van der Waals surface area contributed by atoms with Gasteiger partial charge >= 0.3 is 0 Å². The minimum absolute atomic E-state index is 0.921. The van der Waals surface area contributed by atoms with Crippen molar-refractivity contribution in [2.45, 2.75) is 26.1 Å². The topological polar surface area (TPSA) is 12.5 Å². The smallest absolute Gasteiger partial charge is 0.0698 e. The third-order valence-electron chi connectivity index (χ3n) is 1.48. The fraction of sp³-hybridized carbons (Fsp3) is 1.00. The van der Waals surface area contributed by atoms with Crippen LogP contribution in [0.15, 0.2) is 0 Å². The van der Waals surface area contributed by atoms with Crippen molar-refractivity contribution in [2.75, 3.05) is 19.3 Å². The lowest BCUT2D eigenvalue weighted by Crippen LogP contribution is -2.37. The number of hydroxylamine groups is 2. The fourth-order valence-corrected chi connectivity index (χ4v) is 2.46. The van der Waals surface area contributed by atoms with E-state index in [9.17, 15) is 0 Å². The molecule has 10 heavy (non-hydrogen) atoms. The predicted octanol–water partition coefficient (Wildman–Crippen LogP) is 1.50. The normalized spacial score (nSPS) is 21.9. The number of hydrogen-bond acceptors (Lipinski definition) is 2. The number of hydrogen-bond donors (Lipinski definition) is 0. The molecule has 1 heterocycles. The van der Waals surface area contributed by atoms with Gasteiger partial charge in [0.15, 0.2) is 0 Å². The van der Waals surface area contributed by atoms with Crippen LogP contribution in [0.2, 0.25) is 19.6 Å². The summed E-state index contributed by atoms with van der Waals surface area (Å²) in [5, 5.41) is 2.13. The molecule has 0 atom stereocenters. The van der Waals surface area contributed by atoms with Crippen molar-refractivity contribution in [1.29, 1.82) is 0 Å². The average Bonchev–Trinajstić information content (AvgIpc) is 2.12. The lowest BCUT2D eigenvalue weighted by atomic mass is 10.5. The Morgan fingerprint density at radius 1 is 1.40 bits per heavy atom. The van der Waals surface area contributed by atoms with Crippen LogP contribution in [0.1, 0.15) is 6.42 Å². The van der Waals surface area contributed by atoms with Crippen molar-refractivity contribution < 1.29 is 4.84 Å². The zero-order valence-electron chi connectivity index (χ0n) is 7.18. The Bertz CT molecular complexity index is 105. The molecule has 0 aromatic rings. The largest absolute Gasteiger partial charge is 0.299 e. The molecule has 0 unspecified atom stereocenters. The van der Waals surface area contributed by atoms with E-state index in [1.807, 2.05) is 0 Å². The molecule has 60 valence electrons. The summed E-state index contributed by atoms with van der Waals surface area (Å²) < 4.78 is 0. The summed E-state index contributed by atoms with van der Waals surface area (Å²) in [4.78, 5) is 5.40. The van der Waals surface area contributed by atoms with E-state index in [2.05, 4.69) is 24.7 Å². The van der Waals surface area contributed by atoms with Gasteiger partial charge in [-0.1, -0.05) is 19.6 Å². The molecule has 1 aliphatic rings. The molecule has 0 spiro atoms. The van der Waals surface area contributed by atoms with Gasteiger partial charge in [-0.15, -0.1) is 0 Å². The Balaban J connectivity index is 2.24. The first-order chi connectivity index (χ1) is 4.58. The Morgan fingerprint density at radius 3 is 2.50 bits per heavy atom. The van der Waals surface area contributed by atoms with Crippen LogP contribution >= 0.6 is 0 Å². The predicted molar refractivity (Wildman–Crippen MR) is 45.5 cm³/mol. The van der Waals surface area contributed by atoms with Crippen LogP contribution < -0.4 is 0 Å². The van der Waals surface area contributed by atoms with Crippen LogP contribution in [0.4, 0.5) is 0 Å². The summed E-state index contributed by atoms with van der Waals surface area (Å²) in [6.07, 6.45) is 2.40. The summed E-state index contributed by atoms with van der Waals surface area (Å²) in [5.74, 6) is 0. The summed E-state index contributed by atoms with van der Waals surface area (Å²) in [5.41, 5.74) is 0. The molecule has 1 rings (SSSR count). The quantitative estimate of drug-likeness (QED) is 0.566. The van der Waals surface area contributed by atoms with Crippen molar-refractivity contribution >= 4 is 8.07 Å². The van der Waals surface area contributed by atoms with Crippen LogP contribution in [0.5, 0.6) is 0 Å². The molecule has 0 bridgehead atoms. The highest BCUT2D eigenvalue weighted by atomic mass is 28.3. The summed E-state index contributed by atoms with van der Waals surface area (Å²) >= 11 is 0. The molecule has 1 saturated heterocycles. The second-order valence-corrected chi connectivity index (χ2v) is 9.55. The van der Waals surface area contributed by atoms with Crippen molar-refractivity contribution in [3.05, 3.63) is 0 Å². The average molecular weight is 159 g/mol. The van der Waals surface area contributed by atoms with E-state index in [1.54, 1.807) is 0 Å². The fourth-order valence-electron chi connectivity index (χ4n) is 1.15. The summed E-state index contributed by atoms with van der Waals surface area (Å²) in [7, 11) is -0.921. The maximum absolute atomic E-state index is 5.40. The summed E-state index contributed by atoms with van der Waals surface area (Å²) in [6, 6.07) is 0. The van der Waals surface area contributed by atoms with Crippen LogP contribution in [0, 0.1) is 0 Å². The highest BCUT2D eigenvalue weighted by Gasteiger charge is 2.21. The van der Waals surface area contributed by atoms with E-state index in [0.717, 1.165) is 13.2 Å². The van der Waals surface area contributed by atoms with Gasteiger partial charge in [-0.25, -0.2) is 0 Å². The van der Waals surface area contributed by atoms with Gasteiger partial charge in [0.05, 0.1) is 14.7 Å². The van der Waals surface area contributed by atoms with Crippen LogP contribution in [-0.4, -0.2) is 32.5 Å². The second-order valence-electron chi connectivity index (χ2n) is 4.11. The lowest BCUT2D eigenvalue weighted by Gasteiger charge is -2.22. The van der Waals surface area contributed by atoms with Crippen molar-refractivity contribution in [2.24, 2.45) is 0 Å². The molecule has 0 aromatic carbocycles. The van der Waals surface area contributed by atoms with E-state index < -0.39 is 8.07 Å². The molecule has 1 fully saturated rings. The Labute approximate surface area is 64.1 Å². The zero-order valence-corrected chi connectivity index (χ0v) is 8.18. The van der Waals surface area contributed by atoms with Gasteiger partial charge < -0.3 is 0 Å².